The Morgan fingerprint density at radius 1 is 1.18 bits per heavy atom. The number of ether oxygens (including phenoxy) is 4. The summed E-state index contributed by atoms with van der Waals surface area (Å²) in [6.07, 6.45) is 2.66. The number of carbonyl (C=O) groups is 2. The second kappa shape index (κ2) is 7.86. The van der Waals surface area contributed by atoms with Gasteiger partial charge in [-0.15, -0.1) is 0 Å². The molecule has 2 aromatic rings. The van der Waals surface area contributed by atoms with Crippen LogP contribution in [0.15, 0.2) is 48.2 Å². The first-order chi connectivity index (χ1) is 13.6. The minimum atomic E-state index is -0.522. The quantitative estimate of drug-likeness (QED) is 0.447. The third-order valence-electron chi connectivity index (χ3n) is 4.54. The SMILES string of the molecule is CCOc1ccc(/C=C2\Oc3cc(OC(=O)C4CCCO4)ccc3C2=O)cc1. The Labute approximate surface area is 162 Å². The van der Waals surface area contributed by atoms with Crippen LogP contribution in [0.3, 0.4) is 0 Å². The minimum Gasteiger partial charge on any atom is -0.494 e. The van der Waals surface area contributed by atoms with E-state index in [0.717, 1.165) is 17.7 Å². The van der Waals surface area contributed by atoms with Crippen LogP contribution in [-0.2, 0) is 9.53 Å². The van der Waals surface area contributed by atoms with Crippen molar-refractivity contribution in [3.05, 3.63) is 59.4 Å². The van der Waals surface area contributed by atoms with E-state index in [9.17, 15) is 9.59 Å². The predicted molar refractivity (Wildman–Crippen MR) is 102 cm³/mol. The van der Waals surface area contributed by atoms with E-state index in [1.165, 1.54) is 0 Å². The van der Waals surface area contributed by atoms with Crippen molar-refractivity contribution in [1.29, 1.82) is 0 Å². The van der Waals surface area contributed by atoms with Crippen molar-refractivity contribution in [3.63, 3.8) is 0 Å². The number of allylic oxidation sites excluding steroid dienone is 1. The molecule has 1 saturated heterocycles. The zero-order valence-corrected chi connectivity index (χ0v) is 15.5. The predicted octanol–water partition coefficient (Wildman–Crippen LogP) is 3.79. The lowest BCUT2D eigenvalue weighted by molar-refractivity contribution is -0.144. The van der Waals surface area contributed by atoms with Gasteiger partial charge in [0.25, 0.3) is 0 Å². The molecule has 0 bridgehead atoms. The highest BCUT2D eigenvalue weighted by Gasteiger charge is 2.29. The summed E-state index contributed by atoms with van der Waals surface area (Å²) >= 11 is 0. The van der Waals surface area contributed by atoms with Gasteiger partial charge in [0, 0.05) is 12.7 Å². The lowest BCUT2D eigenvalue weighted by Gasteiger charge is -2.09. The number of esters is 1. The standard InChI is InChI=1S/C22H20O6/c1-2-25-15-7-5-14(6-8-15)12-20-21(23)17-10-9-16(13-19(17)28-20)27-22(24)18-4-3-11-26-18/h5-10,12-13,18H,2-4,11H2,1H3/b20-12-. The van der Waals surface area contributed by atoms with Crippen LogP contribution < -0.4 is 14.2 Å². The van der Waals surface area contributed by atoms with E-state index in [1.54, 1.807) is 24.3 Å². The van der Waals surface area contributed by atoms with E-state index in [2.05, 4.69) is 0 Å². The molecular weight excluding hydrogens is 360 g/mol. The summed E-state index contributed by atoms with van der Waals surface area (Å²) in [4.78, 5) is 24.6. The maximum Gasteiger partial charge on any atom is 0.340 e. The first kappa shape index (κ1) is 18.3. The molecule has 0 aliphatic carbocycles. The third-order valence-corrected chi connectivity index (χ3v) is 4.54. The number of rotatable bonds is 5. The average Bonchev–Trinajstić information content (AvgIpc) is 3.33. The van der Waals surface area contributed by atoms with E-state index in [4.69, 9.17) is 18.9 Å². The number of hydrogen-bond acceptors (Lipinski definition) is 6. The maximum absolute atomic E-state index is 12.6. The van der Waals surface area contributed by atoms with Crippen LogP contribution in [0.4, 0.5) is 0 Å². The summed E-state index contributed by atoms with van der Waals surface area (Å²) in [7, 11) is 0. The Bertz CT molecular complexity index is 923. The van der Waals surface area contributed by atoms with Crippen LogP contribution in [0.1, 0.15) is 35.7 Å². The molecule has 0 amide bonds. The summed E-state index contributed by atoms with van der Waals surface area (Å²) in [5.74, 6) is 1.06. The summed E-state index contributed by atoms with van der Waals surface area (Å²) < 4.78 is 21.8. The van der Waals surface area contributed by atoms with E-state index >= 15 is 0 Å². The zero-order chi connectivity index (χ0) is 19.5. The highest BCUT2D eigenvalue weighted by Crippen LogP contribution is 2.35. The summed E-state index contributed by atoms with van der Waals surface area (Å²) in [6, 6.07) is 12.1. The van der Waals surface area contributed by atoms with Gasteiger partial charge in [-0.3, -0.25) is 4.79 Å². The number of Topliss-reactive ketones (excluding diaryl/α,β-unsaturated/α-hetero) is 1. The summed E-state index contributed by atoms with van der Waals surface area (Å²) in [6.45, 7) is 3.09. The van der Waals surface area contributed by atoms with Gasteiger partial charge < -0.3 is 18.9 Å². The number of carbonyl (C=O) groups excluding carboxylic acids is 2. The lowest BCUT2D eigenvalue weighted by Crippen LogP contribution is -2.24. The second-order valence-electron chi connectivity index (χ2n) is 6.52. The van der Waals surface area contributed by atoms with Gasteiger partial charge in [-0.25, -0.2) is 4.79 Å². The molecule has 2 aliphatic heterocycles. The first-order valence-electron chi connectivity index (χ1n) is 9.28. The Kier molecular flexibility index (Phi) is 5.12. The number of benzene rings is 2. The molecule has 28 heavy (non-hydrogen) atoms. The highest BCUT2D eigenvalue weighted by atomic mass is 16.6. The van der Waals surface area contributed by atoms with Crippen molar-refractivity contribution in [2.24, 2.45) is 0 Å². The molecule has 2 heterocycles. The van der Waals surface area contributed by atoms with Gasteiger partial charge in [-0.1, -0.05) is 12.1 Å². The molecule has 1 atom stereocenters. The van der Waals surface area contributed by atoms with Crippen LogP contribution in [0.25, 0.3) is 6.08 Å². The van der Waals surface area contributed by atoms with Crippen LogP contribution in [0.5, 0.6) is 17.2 Å². The summed E-state index contributed by atoms with van der Waals surface area (Å²) in [5.41, 5.74) is 1.26. The Morgan fingerprint density at radius 2 is 1.96 bits per heavy atom. The fraction of sp³-hybridized carbons (Fsp3) is 0.273. The van der Waals surface area contributed by atoms with Gasteiger partial charge >= 0.3 is 5.97 Å². The van der Waals surface area contributed by atoms with Crippen LogP contribution >= 0.6 is 0 Å². The molecule has 6 heteroatoms. The Balaban J connectivity index is 1.49. The lowest BCUT2D eigenvalue weighted by atomic mass is 10.1. The van der Waals surface area contributed by atoms with Crippen molar-refractivity contribution in [2.45, 2.75) is 25.9 Å². The highest BCUT2D eigenvalue weighted by molar-refractivity contribution is 6.14. The van der Waals surface area contributed by atoms with E-state index in [-0.39, 0.29) is 11.5 Å². The maximum atomic E-state index is 12.6. The molecule has 144 valence electrons. The Morgan fingerprint density at radius 3 is 2.68 bits per heavy atom. The van der Waals surface area contributed by atoms with Crippen molar-refractivity contribution in [3.8, 4) is 17.2 Å². The van der Waals surface area contributed by atoms with Crippen molar-refractivity contribution in [2.75, 3.05) is 13.2 Å². The van der Waals surface area contributed by atoms with Gasteiger partial charge in [-0.2, -0.15) is 0 Å². The number of hydrogen-bond donors (Lipinski definition) is 0. The monoisotopic (exact) mass is 380 g/mol. The van der Waals surface area contributed by atoms with Crippen molar-refractivity contribution >= 4 is 17.8 Å². The van der Waals surface area contributed by atoms with Gasteiger partial charge in [0.15, 0.2) is 11.9 Å². The topological polar surface area (TPSA) is 71.1 Å². The second-order valence-corrected chi connectivity index (χ2v) is 6.52. The van der Waals surface area contributed by atoms with Gasteiger partial charge in [0.2, 0.25) is 5.78 Å². The molecule has 1 unspecified atom stereocenters. The van der Waals surface area contributed by atoms with Gasteiger partial charge in [0.1, 0.15) is 17.2 Å². The fourth-order valence-corrected chi connectivity index (χ4v) is 3.15. The average molecular weight is 380 g/mol. The van der Waals surface area contributed by atoms with Crippen LogP contribution in [0, 0.1) is 0 Å². The van der Waals surface area contributed by atoms with Gasteiger partial charge in [-0.05, 0) is 55.7 Å². The molecule has 4 rings (SSSR count). The molecule has 0 N–H and O–H groups in total. The van der Waals surface area contributed by atoms with Crippen LogP contribution in [-0.4, -0.2) is 31.1 Å². The van der Waals surface area contributed by atoms with E-state index < -0.39 is 12.1 Å². The summed E-state index contributed by atoms with van der Waals surface area (Å²) in [5, 5.41) is 0. The molecule has 2 aliphatic rings. The smallest absolute Gasteiger partial charge is 0.340 e. The van der Waals surface area contributed by atoms with E-state index in [0.29, 0.717) is 36.7 Å². The van der Waals surface area contributed by atoms with Crippen LogP contribution in [0.2, 0.25) is 0 Å². The molecule has 0 radical (unpaired) electrons. The molecule has 0 saturated carbocycles. The largest absolute Gasteiger partial charge is 0.494 e. The van der Waals surface area contributed by atoms with E-state index in [1.807, 2.05) is 31.2 Å². The minimum absolute atomic E-state index is 0.208. The molecule has 0 aromatic heterocycles. The third kappa shape index (κ3) is 3.77. The molecular formula is C22H20O6. The Hall–Kier alpha value is -3.12. The first-order valence-corrected chi connectivity index (χ1v) is 9.28. The zero-order valence-electron chi connectivity index (χ0n) is 15.5. The van der Waals surface area contributed by atoms with Crippen molar-refractivity contribution in [1.82, 2.24) is 0 Å². The molecule has 6 nitrogen and oxygen atoms in total. The van der Waals surface area contributed by atoms with Crippen molar-refractivity contribution < 1.29 is 28.5 Å². The number of fused-ring (bicyclic) bond motifs is 1. The molecule has 1 fully saturated rings. The normalized spacial score (nSPS) is 19.4. The van der Waals surface area contributed by atoms with Gasteiger partial charge in [0.05, 0.1) is 12.2 Å². The molecule has 2 aromatic carbocycles. The molecule has 0 spiro atoms. The number of ketones is 1. The fourth-order valence-electron chi connectivity index (χ4n) is 3.15.